The van der Waals surface area contributed by atoms with Crippen LogP contribution in [0.15, 0.2) is 0 Å². The smallest absolute Gasteiger partial charge is 0.325 e. The van der Waals surface area contributed by atoms with Gasteiger partial charge in [-0.1, -0.05) is 0 Å². The molecular formula is C6H8N2O4. The highest BCUT2D eigenvalue weighted by molar-refractivity contribution is 5.91. The molecule has 66 valence electrons. The normalized spacial score (nSPS) is 17.5. The monoisotopic (exact) mass is 172 g/mol. The van der Waals surface area contributed by atoms with Crippen molar-refractivity contribution in [2.75, 3.05) is 6.54 Å². The molecule has 1 aliphatic heterocycles. The zero-order valence-corrected chi connectivity index (χ0v) is 6.24. The fraction of sp³-hybridized carbons (Fsp3) is 0.500. The van der Waals surface area contributed by atoms with Gasteiger partial charge in [0, 0.05) is 12.8 Å². The number of nitrogens with one attached hydrogen (secondary N) is 1. The summed E-state index contributed by atoms with van der Waals surface area (Å²) in [6.45, 7) is -0.482. The van der Waals surface area contributed by atoms with Crippen LogP contribution in [0, 0.1) is 0 Å². The van der Waals surface area contributed by atoms with E-state index in [9.17, 15) is 14.4 Å². The molecule has 12 heavy (non-hydrogen) atoms. The van der Waals surface area contributed by atoms with Crippen LogP contribution in [0.3, 0.4) is 0 Å². The van der Waals surface area contributed by atoms with E-state index in [0.717, 1.165) is 5.01 Å². The second-order valence-electron chi connectivity index (χ2n) is 2.41. The van der Waals surface area contributed by atoms with E-state index >= 15 is 0 Å². The molecule has 0 unspecified atom stereocenters. The number of nitrogens with zero attached hydrogens (tertiary/aromatic N) is 1. The third kappa shape index (κ3) is 1.94. The third-order valence-corrected chi connectivity index (χ3v) is 1.42. The Bertz CT molecular complexity index is 236. The van der Waals surface area contributed by atoms with Gasteiger partial charge in [-0.2, -0.15) is 0 Å². The molecule has 0 aromatic carbocycles. The molecule has 1 saturated heterocycles. The Labute approximate surface area is 68.1 Å². The van der Waals surface area contributed by atoms with E-state index in [1.54, 1.807) is 0 Å². The van der Waals surface area contributed by atoms with Crippen LogP contribution in [-0.4, -0.2) is 34.4 Å². The number of carbonyl (C=O) groups is 3. The predicted octanol–water partition coefficient (Wildman–Crippen LogP) is -1.28. The maximum Gasteiger partial charge on any atom is 0.325 e. The molecule has 1 heterocycles. The van der Waals surface area contributed by atoms with E-state index in [2.05, 4.69) is 5.43 Å². The molecule has 2 N–H and O–H groups in total. The maximum absolute atomic E-state index is 10.9. The lowest BCUT2D eigenvalue weighted by Gasteiger charge is -2.25. The minimum Gasteiger partial charge on any atom is -0.480 e. The van der Waals surface area contributed by atoms with Gasteiger partial charge in [0.25, 0.3) is 0 Å². The van der Waals surface area contributed by atoms with E-state index in [0.29, 0.717) is 0 Å². The summed E-state index contributed by atoms with van der Waals surface area (Å²) >= 11 is 0. The average molecular weight is 172 g/mol. The Hall–Kier alpha value is -1.59. The van der Waals surface area contributed by atoms with Crippen molar-refractivity contribution in [2.45, 2.75) is 12.8 Å². The van der Waals surface area contributed by atoms with Crippen molar-refractivity contribution < 1.29 is 19.5 Å². The zero-order chi connectivity index (χ0) is 9.14. The number of hydrogen-bond acceptors (Lipinski definition) is 3. The number of hydrazine groups is 1. The van der Waals surface area contributed by atoms with Crippen molar-refractivity contribution in [1.82, 2.24) is 10.4 Å². The Kier molecular flexibility index (Phi) is 2.27. The molecule has 1 fully saturated rings. The average Bonchev–Trinajstić information content (AvgIpc) is 1.96. The highest BCUT2D eigenvalue weighted by Crippen LogP contribution is 2.02. The minimum absolute atomic E-state index is 0.0825. The minimum atomic E-state index is -1.15. The van der Waals surface area contributed by atoms with Crippen LogP contribution in [0.2, 0.25) is 0 Å². The van der Waals surface area contributed by atoms with E-state index in [4.69, 9.17) is 5.11 Å². The SMILES string of the molecule is O=C(O)CN1NC(=O)CCC1=O. The number of rotatable bonds is 2. The van der Waals surface area contributed by atoms with Crippen LogP contribution in [0.25, 0.3) is 0 Å². The van der Waals surface area contributed by atoms with Gasteiger partial charge in [-0.25, -0.2) is 5.01 Å². The quantitative estimate of drug-likeness (QED) is 0.543. The lowest BCUT2D eigenvalue weighted by atomic mass is 10.2. The number of carboxylic acid groups (broad SMARTS) is 1. The topological polar surface area (TPSA) is 86.7 Å². The van der Waals surface area contributed by atoms with Crippen molar-refractivity contribution in [3.8, 4) is 0 Å². The molecule has 0 bridgehead atoms. The highest BCUT2D eigenvalue weighted by atomic mass is 16.4. The molecule has 0 atom stereocenters. The van der Waals surface area contributed by atoms with Gasteiger partial charge >= 0.3 is 5.97 Å². The van der Waals surface area contributed by atoms with E-state index < -0.39 is 12.5 Å². The van der Waals surface area contributed by atoms with Crippen LogP contribution in [-0.2, 0) is 14.4 Å². The molecule has 1 aliphatic rings. The summed E-state index contributed by atoms with van der Waals surface area (Å²) in [4.78, 5) is 31.8. The van der Waals surface area contributed by atoms with Gasteiger partial charge in [0.15, 0.2) is 0 Å². The molecule has 0 aromatic heterocycles. The Balaban J connectivity index is 2.55. The summed E-state index contributed by atoms with van der Waals surface area (Å²) < 4.78 is 0. The summed E-state index contributed by atoms with van der Waals surface area (Å²) in [5, 5.41) is 9.14. The maximum atomic E-state index is 10.9. The lowest BCUT2D eigenvalue weighted by Crippen LogP contribution is -2.52. The largest absolute Gasteiger partial charge is 0.480 e. The van der Waals surface area contributed by atoms with E-state index in [1.807, 2.05) is 0 Å². The van der Waals surface area contributed by atoms with E-state index in [-0.39, 0.29) is 24.7 Å². The van der Waals surface area contributed by atoms with Gasteiger partial charge in [-0.3, -0.25) is 19.8 Å². The number of aliphatic carboxylic acids is 1. The molecule has 0 aromatic rings. The predicted molar refractivity (Wildman–Crippen MR) is 36.7 cm³/mol. The van der Waals surface area contributed by atoms with Crippen LogP contribution in [0.5, 0.6) is 0 Å². The summed E-state index contributed by atoms with van der Waals surface area (Å²) in [7, 11) is 0. The number of hydrogen-bond donors (Lipinski definition) is 2. The highest BCUT2D eigenvalue weighted by Gasteiger charge is 2.24. The van der Waals surface area contributed by atoms with Crippen molar-refractivity contribution in [3.63, 3.8) is 0 Å². The lowest BCUT2D eigenvalue weighted by molar-refractivity contribution is -0.153. The van der Waals surface area contributed by atoms with Crippen molar-refractivity contribution >= 4 is 17.8 Å². The molecule has 0 spiro atoms. The van der Waals surface area contributed by atoms with Crippen LogP contribution < -0.4 is 5.43 Å². The van der Waals surface area contributed by atoms with Gasteiger partial charge < -0.3 is 5.11 Å². The molecule has 1 rings (SSSR count). The molecule has 6 nitrogen and oxygen atoms in total. The Morgan fingerprint density at radius 2 is 2.17 bits per heavy atom. The fourth-order valence-electron chi connectivity index (χ4n) is 0.887. The molecule has 0 radical (unpaired) electrons. The van der Waals surface area contributed by atoms with Crippen LogP contribution in [0.4, 0.5) is 0 Å². The second kappa shape index (κ2) is 3.21. The molecule has 2 amide bonds. The number of carbonyl (C=O) groups excluding carboxylic acids is 2. The van der Waals surface area contributed by atoms with Gasteiger partial charge in [-0.05, 0) is 0 Å². The fourth-order valence-corrected chi connectivity index (χ4v) is 0.887. The van der Waals surface area contributed by atoms with Crippen molar-refractivity contribution in [3.05, 3.63) is 0 Å². The van der Waals surface area contributed by atoms with Crippen LogP contribution >= 0.6 is 0 Å². The van der Waals surface area contributed by atoms with Gasteiger partial charge in [-0.15, -0.1) is 0 Å². The molecular weight excluding hydrogens is 164 g/mol. The summed E-state index contributed by atoms with van der Waals surface area (Å²) in [5.74, 6) is -1.83. The zero-order valence-electron chi connectivity index (χ0n) is 6.24. The van der Waals surface area contributed by atoms with Crippen molar-refractivity contribution in [1.29, 1.82) is 0 Å². The van der Waals surface area contributed by atoms with Gasteiger partial charge in [0.2, 0.25) is 11.8 Å². The first-order chi connectivity index (χ1) is 5.59. The number of amides is 2. The number of carboxylic acids is 1. The van der Waals surface area contributed by atoms with Gasteiger partial charge in [0.1, 0.15) is 6.54 Å². The Morgan fingerprint density at radius 1 is 1.50 bits per heavy atom. The first-order valence-electron chi connectivity index (χ1n) is 3.41. The Morgan fingerprint density at radius 3 is 2.75 bits per heavy atom. The van der Waals surface area contributed by atoms with Crippen molar-refractivity contribution in [2.24, 2.45) is 0 Å². The third-order valence-electron chi connectivity index (χ3n) is 1.42. The van der Waals surface area contributed by atoms with Gasteiger partial charge in [0.05, 0.1) is 0 Å². The molecule has 6 heteroatoms. The second-order valence-corrected chi connectivity index (χ2v) is 2.41. The van der Waals surface area contributed by atoms with Crippen LogP contribution in [0.1, 0.15) is 12.8 Å². The summed E-state index contributed by atoms with van der Waals surface area (Å²) in [6, 6.07) is 0. The molecule has 0 aliphatic carbocycles. The standard InChI is InChI=1S/C6H8N2O4/c9-4-1-2-5(10)8(7-4)3-6(11)12/h1-3H2,(H,7,9)(H,11,12). The first kappa shape index (κ1) is 8.51. The first-order valence-corrected chi connectivity index (χ1v) is 3.41. The summed E-state index contributed by atoms with van der Waals surface area (Å²) in [6.07, 6.45) is 0.216. The van der Waals surface area contributed by atoms with E-state index in [1.165, 1.54) is 0 Å². The summed E-state index contributed by atoms with van der Waals surface area (Å²) in [5.41, 5.74) is 2.16. The molecule has 0 saturated carbocycles.